The average Bonchev–Trinajstić information content (AvgIpc) is 2.84. The van der Waals surface area contributed by atoms with Crippen molar-refractivity contribution in [1.29, 1.82) is 0 Å². The van der Waals surface area contributed by atoms with Crippen molar-refractivity contribution in [3.05, 3.63) is 64.7 Å². The second kappa shape index (κ2) is 14.4. The van der Waals surface area contributed by atoms with Crippen LogP contribution in [-0.4, -0.2) is 51.6 Å². The summed E-state index contributed by atoms with van der Waals surface area (Å²) in [5.41, 5.74) is 1.86. The predicted octanol–water partition coefficient (Wildman–Crippen LogP) is 6.12. The highest BCUT2D eigenvalue weighted by atomic mass is 16.6. The quantitative estimate of drug-likeness (QED) is 0.284. The number of ether oxygens (including phenoxy) is 1. The van der Waals surface area contributed by atoms with Gasteiger partial charge in [0.05, 0.1) is 0 Å². The maximum absolute atomic E-state index is 14.6. The number of phenols is 1. The van der Waals surface area contributed by atoms with Crippen molar-refractivity contribution in [3.8, 4) is 5.75 Å². The summed E-state index contributed by atoms with van der Waals surface area (Å²) in [5.74, 6) is -0.579. The molecule has 0 aliphatic rings. The Kier molecular flexibility index (Phi) is 11.8. The molecule has 2 aromatic rings. The lowest BCUT2D eigenvalue weighted by Gasteiger charge is -2.43. The second-order valence-electron chi connectivity index (χ2n) is 12.7. The fourth-order valence-corrected chi connectivity index (χ4v) is 4.74. The molecule has 0 fully saturated rings. The standard InChI is InChI=1S/C33H49N3O5/c1-10-11-12-19-34-29(38)28(26-18-13-22(2)20-23(26)3)36(32(4,5)6)30(39)27(35-31(40)41-33(7,8)9)21-24-14-16-25(37)17-15-24/h13-18,20,27-28,37H,10-12,19,21H2,1-9H3,(H,34,38)(H,35,40). The molecule has 0 spiro atoms. The largest absolute Gasteiger partial charge is 0.508 e. The van der Waals surface area contributed by atoms with Crippen LogP contribution in [0.15, 0.2) is 42.5 Å². The normalized spacial score (nSPS) is 13.2. The van der Waals surface area contributed by atoms with Gasteiger partial charge >= 0.3 is 6.09 Å². The number of benzene rings is 2. The lowest BCUT2D eigenvalue weighted by molar-refractivity contribution is -0.148. The van der Waals surface area contributed by atoms with Crippen molar-refractivity contribution >= 4 is 17.9 Å². The van der Waals surface area contributed by atoms with Gasteiger partial charge in [0.1, 0.15) is 23.4 Å². The summed E-state index contributed by atoms with van der Waals surface area (Å²) in [7, 11) is 0. The summed E-state index contributed by atoms with van der Waals surface area (Å²) < 4.78 is 5.50. The van der Waals surface area contributed by atoms with E-state index in [0.717, 1.165) is 41.5 Å². The van der Waals surface area contributed by atoms with E-state index in [9.17, 15) is 19.5 Å². The molecule has 0 saturated carbocycles. The molecule has 2 aromatic carbocycles. The van der Waals surface area contributed by atoms with Crippen molar-refractivity contribution in [2.75, 3.05) is 6.54 Å². The van der Waals surface area contributed by atoms with Crippen molar-refractivity contribution in [3.63, 3.8) is 0 Å². The van der Waals surface area contributed by atoms with E-state index >= 15 is 0 Å². The number of alkyl carbamates (subject to hydrolysis) is 1. The molecule has 2 rings (SSSR count). The van der Waals surface area contributed by atoms with Gasteiger partial charge in [-0.2, -0.15) is 0 Å². The molecule has 0 radical (unpaired) electrons. The Labute approximate surface area is 245 Å². The summed E-state index contributed by atoms with van der Waals surface area (Å²) in [6, 6.07) is 10.4. The third-order valence-electron chi connectivity index (χ3n) is 6.63. The zero-order valence-corrected chi connectivity index (χ0v) is 26.3. The monoisotopic (exact) mass is 567 g/mol. The molecule has 0 bridgehead atoms. The van der Waals surface area contributed by atoms with Gasteiger partial charge in [0, 0.05) is 18.5 Å². The number of carbonyl (C=O) groups excluding carboxylic acids is 3. The molecular formula is C33H49N3O5. The number of unbranched alkanes of at least 4 members (excludes halogenated alkanes) is 2. The second-order valence-corrected chi connectivity index (χ2v) is 12.7. The summed E-state index contributed by atoms with van der Waals surface area (Å²) in [5, 5.41) is 15.6. The number of hydrogen-bond donors (Lipinski definition) is 3. The highest BCUT2D eigenvalue weighted by molar-refractivity contribution is 5.93. The Morgan fingerprint density at radius 2 is 1.59 bits per heavy atom. The van der Waals surface area contributed by atoms with Crippen molar-refractivity contribution < 1.29 is 24.2 Å². The first-order valence-electron chi connectivity index (χ1n) is 14.5. The summed E-state index contributed by atoms with van der Waals surface area (Å²) in [6.45, 7) is 17.5. The van der Waals surface area contributed by atoms with Crippen LogP contribution in [0.1, 0.15) is 96.0 Å². The van der Waals surface area contributed by atoms with Gasteiger partial charge in [-0.1, -0.05) is 55.7 Å². The SMILES string of the molecule is CCCCCNC(=O)C(c1ccc(C)cc1C)N(C(=O)C(Cc1ccc(O)cc1)NC(=O)OC(C)(C)C)C(C)(C)C. The van der Waals surface area contributed by atoms with E-state index < -0.39 is 35.2 Å². The highest BCUT2D eigenvalue weighted by Crippen LogP contribution is 2.32. The minimum absolute atomic E-state index is 0.0997. The number of nitrogens with one attached hydrogen (secondary N) is 2. The molecule has 8 nitrogen and oxygen atoms in total. The van der Waals surface area contributed by atoms with Crippen LogP contribution in [0.2, 0.25) is 0 Å². The number of aromatic hydroxyl groups is 1. The lowest BCUT2D eigenvalue weighted by atomic mass is 9.91. The third kappa shape index (κ3) is 10.4. The van der Waals surface area contributed by atoms with Crippen molar-refractivity contribution in [2.45, 2.75) is 111 Å². The molecule has 0 heterocycles. The molecule has 0 aliphatic heterocycles. The van der Waals surface area contributed by atoms with Gasteiger partial charge in [-0.25, -0.2) is 4.79 Å². The van der Waals surface area contributed by atoms with Gasteiger partial charge in [-0.05, 0) is 90.6 Å². The Morgan fingerprint density at radius 1 is 0.951 bits per heavy atom. The molecule has 2 unspecified atom stereocenters. The number of phenolic OH excluding ortho intramolecular Hbond substituents is 1. The van der Waals surface area contributed by atoms with Gasteiger partial charge in [0.2, 0.25) is 11.8 Å². The van der Waals surface area contributed by atoms with E-state index in [0.29, 0.717) is 6.54 Å². The molecule has 8 heteroatoms. The van der Waals surface area contributed by atoms with E-state index in [-0.39, 0.29) is 18.1 Å². The maximum atomic E-state index is 14.6. The molecule has 0 aliphatic carbocycles. The third-order valence-corrected chi connectivity index (χ3v) is 6.63. The first-order chi connectivity index (χ1) is 19.0. The Bertz CT molecular complexity index is 1180. The highest BCUT2D eigenvalue weighted by Gasteiger charge is 2.42. The van der Waals surface area contributed by atoms with Crippen LogP contribution >= 0.6 is 0 Å². The summed E-state index contributed by atoms with van der Waals surface area (Å²) >= 11 is 0. The van der Waals surface area contributed by atoms with E-state index in [1.165, 1.54) is 12.1 Å². The number of aryl methyl sites for hydroxylation is 2. The van der Waals surface area contributed by atoms with Crippen LogP contribution in [0, 0.1) is 13.8 Å². The molecule has 0 saturated heterocycles. The molecule has 226 valence electrons. The first kappa shape index (κ1) is 33.7. The molecule has 0 aromatic heterocycles. The van der Waals surface area contributed by atoms with Crippen molar-refractivity contribution in [2.24, 2.45) is 0 Å². The number of carbonyl (C=O) groups is 3. The van der Waals surface area contributed by atoms with Gasteiger partial charge in [-0.15, -0.1) is 0 Å². The van der Waals surface area contributed by atoms with Crippen LogP contribution in [-0.2, 0) is 20.7 Å². The average molecular weight is 568 g/mol. The molecule has 3 amide bonds. The summed E-state index contributed by atoms with van der Waals surface area (Å²) in [4.78, 5) is 43.0. The fourth-order valence-electron chi connectivity index (χ4n) is 4.74. The topological polar surface area (TPSA) is 108 Å². The van der Waals surface area contributed by atoms with Crippen LogP contribution < -0.4 is 10.6 Å². The Morgan fingerprint density at radius 3 is 2.12 bits per heavy atom. The van der Waals surface area contributed by atoms with E-state index in [1.807, 2.05) is 52.8 Å². The van der Waals surface area contributed by atoms with Gasteiger partial charge in [0.15, 0.2) is 0 Å². The predicted molar refractivity (Wildman–Crippen MR) is 163 cm³/mol. The molecular weight excluding hydrogens is 518 g/mol. The van der Waals surface area contributed by atoms with Gasteiger partial charge < -0.3 is 25.4 Å². The fraction of sp³-hybridized carbons (Fsp3) is 0.545. The van der Waals surface area contributed by atoms with E-state index in [4.69, 9.17) is 4.74 Å². The molecule has 3 N–H and O–H groups in total. The van der Waals surface area contributed by atoms with Crippen LogP contribution in [0.4, 0.5) is 4.79 Å². The Balaban J connectivity index is 2.61. The number of nitrogens with zero attached hydrogens (tertiary/aromatic N) is 1. The maximum Gasteiger partial charge on any atom is 0.408 e. The number of hydrogen-bond acceptors (Lipinski definition) is 5. The van der Waals surface area contributed by atoms with Crippen LogP contribution in [0.25, 0.3) is 0 Å². The number of amides is 3. The Hall–Kier alpha value is -3.55. The van der Waals surface area contributed by atoms with E-state index in [2.05, 4.69) is 17.6 Å². The first-order valence-corrected chi connectivity index (χ1v) is 14.5. The van der Waals surface area contributed by atoms with Crippen LogP contribution in [0.5, 0.6) is 5.75 Å². The zero-order chi connectivity index (χ0) is 31.0. The van der Waals surface area contributed by atoms with Crippen molar-refractivity contribution in [1.82, 2.24) is 15.5 Å². The zero-order valence-electron chi connectivity index (χ0n) is 26.3. The molecule has 41 heavy (non-hydrogen) atoms. The van der Waals surface area contributed by atoms with Gasteiger partial charge in [-0.3, -0.25) is 9.59 Å². The number of rotatable bonds is 11. The summed E-state index contributed by atoms with van der Waals surface area (Å²) in [6.07, 6.45) is 2.27. The van der Waals surface area contributed by atoms with E-state index in [1.54, 1.807) is 37.8 Å². The minimum Gasteiger partial charge on any atom is -0.508 e. The smallest absolute Gasteiger partial charge is 0.408 e. The molecule has 2 atom stereocenters. The van der Waals surface area contributed by atoms with Crippen LogP contribution in [0.3, 0.4) is 0 Å². The lowest BCUT2D eigenvalue weighted by Crippen LogP contribution is -2.59. The van der Waals surface area contributed by atoms with Gasteiger partial charge in [0.25, 0.3) is 0 Å². The minimum atomic E-state index is -1.03.